The summed E-state index contributed by atoms with van der Waals surface area (Å²) >= 11 is 3.50. The third-order valence-corrected chi connectivity index (χ3v) is 4.79. The first kappa shape index (κ1) is 13.8. The minimum absolute atomic E-state index is 0.238. The van der Waals surface area contributed by atoms with Gasteiger partial charge < -0.3 is 5.32 Å². The van der Waals surface area contributed by atoms with Crippen LogP contribution in [0, 0.1) is 19.7 Å². The molecule has 1 aliphatic rings. The number of nitrogens with zero attached hydrogens (tertiary/aromatic N) is 2. The van der Waals surface area contributed by atoms with Crippen LogP contribution in [0.1, 0.15) is 29.8 Å². The molecule has 0 amide bonds. The zero-order valence-corrected chi connectivity index (χ0v) is 13.2. The number of halogens is 2. The summed E-state index contributed by atoms with van der Waals surface area (Å²) in [7, 11) is 0. The molecule has 0 atom stereocenters. The van der Waals surface area contributed by atoms with Crippen molar-refractivity contribution in [3.8, 4) is 5.69 Å². The van der Waals surface area contributed by atoms with E-state index in [1.54, 1.807) is 10.7 Å². The van der Waals surface area contributed by atoms with Crippen molar-refractivity contribution in [1.82, 2.24) is 15.1 Å². The molecule has 3 nitrogen and oxygen atoms in total. The van der Waals surface area contributed by atoms with Crippen LogP contribution >= 0.6 is 15.9 Å². The number of aryl methyl sites for hydroxylation is 1. The molecule has 106 valence electrons. The fraction of sp³-hybridized carbons (Fsp3) is 0.400. The minimum atomic E-state index is -0.238. The van der Waals surface area contributed by atoms with Gasteiger partial charge in [-0.15, -0.1) is 0 Å². The molecule has 0 spiro atoms. The zero-order valence-electron chi connectivity index (χ0n) is 11.6. The van der Waals surface area contributed by atoms with Gasteiger partial charge in [0.2, 0.25) is 0 Å². The molecular weight excluding hydrogens is 321 g/mol. The van der Waals surface area contributed by atoms with E-state index in [1.807, 2.05) is 19.9 Å². The Labute approximate surface area is 126 Å². The van der Waals surface area contributed by atoms with E-state index in [0.29, 0.717) is 18.3 Å². The van der Waals surface area contributed by atoms with Crippen LogP contribution in [0.3, 0.4) is 0 Å². The standard InChI is InChI=1S/C15H17BrFN3/c1-9-14(16)10(2)20(19-9)15-11(4-3-5-13(15)17)8-18-12-6-7-12/h3-5,12,18H,6-8H2,1-2H3. The fourth-order valence-corrected chi connectivity index (χ4v) is 2.57. The van der Waals surface area contributed by atoms with Gasteiger partial charge in [-0.3, -0.25) is 0 Å². The van der Waals surface area contributed by atoms with Crippen molar-refractivity contribution in [2.75, 3.05) is 0 Å². The lowest BCUT2D eigenvalue weighted by Crippen LogP contribution is -2.18. The molecule has 0 bridgehead atoms. The highest BCUT2D eigenvalue weighted by Crippen LogP contribution is 2.27. The molecule has 1 aromatic carbocycles. The smallest absolute Gasteiger partial charge is 0.149 e. The van der Waals surface area contributed by atoms with Crippen LogP contribution in [0.15, 0.2) is 22.7 Å². The van der Waals surface area contributed by atoms with Crippen molar-refractivity contribution in [3.63, 3.8) is 0 Å². The normalized spacial score (nSPS) is 14.8. The maximum absolute atomic E-state index is 14.3. The van der Waals surface area contributed by atoms with Crippen LogP contribution in [0.2, 0.25) is 0 Å². The van der Waals surface area contributed by atoms with Crippen LogP contribution in [0.25, 0.3) is 5.69 Å². The van der Waals surface area contributed by atoms with Crippen LogP contribution < -0.4 is 5.32 Å². The Balaban J connectivity index is 2.03. The topological polar surface area (TPSA) is 29.9 Å². The molecule has 0 unspecified atom stereocenters. The lowest BCUT2D eigenvalue weighted by molar-refractivity contribution is 0.597. The largest absolute Gasteiger partial charge is 0.310 e. The van der Waals surface area contributed by atoms with Gasteiger partial charge in [0.25, 0.3) is 0 Å². The fourth-order valence-electron chi connectivity index (χ4n) is 2.32. The highest BCUT2D eigenvalue weighted by molar-refractivity contribution is 9.10. The summed E-state index contributed by atoms with van der Waals surface area (Å²) in [6, 6.07) is 5.79. The van der Waals surface area contributed by atoms with Crippen molar-refractivity contribution in [2.45, 2.75) is 39.3 Å². The second-order valence-corrected chi connectivity index (χ2v) is 6.09. The molecule has 0 saturated heterocycles. The Bertz CT molecular complexity index is 647. The summed E-state index contributed by atoms with van der Waals surface area (Å²) in [5, 5.41) is 7.88. The van der Waals surface area contributed by atoms with E-state index in [4.69, 9.17) is 0 Å². The molecule has 1 heterocycles. The molecular formula is C15H17BrFN3. The Hall–Kier alpha value is -1.20. The lowest BCUT2D eigenvalue weighted by atomic mass is 10.1. The van der Waals surface area contributed by atoms with E-state index >= 15 is 0 Å². The molecule has 1 aromatic heterocycles. The first-order valence-electron chi connectivity index (χ1n) is 6.81. The number of benzene rings is 1. The van der Waals surface area contributed by atoms with Gasteiger partial charge in [0.05, 0.1) is 15.9 Å². The second-order valence-electron chi connectivity index (χ2n) is 5.30. The van der Waals surface area contributed by atoms with Crippen molar-refractivity contribution < 1.29 is 4.39 Å². The second kappa shape index (κ2) is 5.30. The van der Waals surface area contributed by atoms with E-state index < -0.39 is 0 Å². The Kier molecular flexibility index (Phi) is 3.65. The summed E-state index contributed by atoms with van der Waals surface area (Å²) < 4.78 is 16.9. The van der Waals surface area contributed by atoms with E-state index in [9.17, 15) is 4.39 Å². The molecule has 1 fully saturated rings. The third kappa shape index (κ3) is 2.52. The van der Waals surface area contributed by atoms with Crippen molar-refractivity contribution in [3.05, 3.63) is 45.4 Å². The Morgan fingerprint density at radius 2 is 2.15 bits per heavy atom. The van der Waals surface area contributed by atoms with Crippen molar-refractivity contribution in [2.24, 2.45) is 0 Å². The first-order valence-corrected chi connectivity index (χ1v) is 7.60. The van der Waals surface area contributed by atoms with Gasteiger partial charge in [0.15, 0.2) is 0 Å². The first-order chi connectivity index (χ1) is 9.58. The van der Waals surface area contributed by atoms with Crippen LogP contribution in [0.5, 0.6) is 0 Å². The van der Waals surface area contributed by atoms with Crippen LogP contribution in [-0.2, 0) is 6.54 Å². The zero-order chi connectivity index (χ0) is 14.3. The van der Waals surface area contributed by atoms with Crippen molar-refractivity contribution in [1.29, 1.82) is 0 Å². The molecule has 0 aliphatic heterocycles. The molecule has 1 saturated carbocycles. The van der Waals surface area contributed by atoms with Gasteiger partial charge in [-0.2, -0.15) is 5.10 Å². The predicted octanol–water partition coefficient (Wildman–Crippen LogP) is 3.64. The number of nitrogens with one attached hydrogen (secondary N) is 1. The van der Waals surface area contributed by atoms with E-state index in [-0.39, 0.29) is 5.82 Å². The summed E-state index contributed by atoms with van der Waals surface area (Å²) in [6.45, 7) is 4.53. The summed E-state index contributed by atoms with van der Waals surface area (Å²) in [4.78, 5) is 0. The van der Waals surface area contributed by atoms with Gasteiger partial charge in [-0.25, -0.2) is 9.07 Å². The van der Waals surface area contributed by atoms with Gasteiger partial charge in [0.1, 0.15) is 11.5 Å². The van der Waals surface area contributed by atoms with Crippen LogP contribution in [-0.4, -0.2) is 15.8 Å². The maximum atomic E-state index is 14.3. The van der Waals surface area contributed by atoms with Crippen LogP contribution in [0.4, 0.5) is 4.39 Å². The molecule has 5 heteroatoms. The average molecular weight is 338 g/mol. The average Bonchev–Trinajstić information content (AvgIpc) is 3.21. The maximum Gasteiger partial charge on any atom is 0.149 e. The third-order valence-electron chi connectivity index (χ3n) is 3.64. The van der Waals surface area contributed by atoms with Gasteiger partial charge >= 0.3 is 0 Å². The number of aromatic nitrogens is 2. The Morgan fingerprint density at radius 1 is 1.40 bits per heavy atom. The Morgan fingerprint density at radius 3 is 2.75 bits per heavy atom. The molecule has 2 aromatic rings. The number of hydrogen-bond donors (Lipinski definition) is 1. The highest BCUT2D eigenvalue weighted by atomic mass is 79.9. The number of hydrogen-bond acceptors (Lipinski definition) is 2. The molecule has 20 heavy (non-hydrogen) atoms. The lowest BCUT2D eigenvalue weighted by Gasteiger charge is -2.13. The van der Waals surface area contributed by atoms with Gasteiger partial charge in [0, 0.05) is 12.6 Å². The van der Waals surface area contributed by atoms with Gasteiger partial charge in [-0.05, 0) is 54.2 Å². The monoisotopic (exact) mass is 337 g/mol. The van der Waals surface area contributed by atoms with Crippen molar-refractivity contribution >= 4 is 15.9 Å². The summed E-state index contributed by atoms with van der Waals surface area (Å²) in [5.41, 5.74) is 3.27. The highest BCUT2D eigenvalue weighted by Gasteiger charge is 2.22. The summed E-state index contributed by atoms with van der Waals surface area (Å²) in [6.07, 6.45) is 2.44. The molecule has 0 radical (unpaired) electrons. The number of rotatable bonds is 4. The molecule has 1 N–H and O–H groups in total. The summed E-state index contributed by atoms with van der Waals surface area (Å²) in [5.74, 6) is -0.238. The minimum Gasteiger partial charge on any atom is -0.310 e. The SMILES string of the molecule is Cc1nn(-c2c(F)cccc2CNC2CC2)c(C)c1Br. The van der Waals surface area contributed by atoms with E-state index in [1.165, 1.54) is 18.9 Å². The van der Waals surface area contributed by atoms with E-state index in [0.717, 1.165) is 21.4 Å². The molecule has 1 aliphatic carbocycles. The number of para-hydroxylation sites is 1. The van der Waals surface area contributed by atoms with Gasteiger partial charge in [-0.1, -0.05) is 12.1 Å². The van der Waals surface area contributed by atoms with E-state index in [2.05, 4.69) is 26.3 Å². The predicted molar refractivity (Wildman–Crippen MR) is 80.6 cm³/mol. The quantitative estimate of drug-likeness (QED) is 0.922. The molecule has 3 rings (SSSR count).